The van der Waals surface area contributed by atoms with Gasteiger partial charge in [0.1, 0.15) is 0 Å². The molecule has 0 aliphatic carbocycles. The van der Waals surface area contributed by atoms with Gasteiger partial charge >= 0.3 is 0 Å². The molecule has 0 atom stereocenters. The number of anilines is 2. The minimum atomic E-state index is -0.165. The maximum absolute atomic E-state index is 12.7. The Bertz CT molecular complexity index is 742. The third-order valence-electron chi connectivity index (χ3n) is 4.06. The Hall–Kier alpha value is -2.82. The molecular weight excluding hydrogens is 326 g/mol. The van der Waals surface area contributed by atoms with Crippen LogP contribution in [0.25, 0.3) is 0 Å². The van der Waals surface area contributed by atoms with Crippen molar-refractivity contribution in [2.45, 2.75) is 32.7 Å². The smallest absolute Gasteiger partial charge is 0.253 e. The molecule has 0 aromatic heterocycles. The van der Waals surface area contributed by atoms with E-state index < -0.39 is 0 Å². The van der Waals surface area contributed by atoms with E-state index in [0.29, 0.717) is 24.2 Å². The Labute approximate surface area is 155 Å². The van der Waals surface area contributed by atoms with Crippen molar-refractivity contribution >= 4 is 23.2 Å². The summed E-state index contributed by atoms with van der Waals surface area (Å²) in [6, 6.07) is 15.2. The number of rotatable bonds is 8. The van der Waals surface area contributed by atoms with E-state index in [-0.39, 0.29) is 11.8 Å². The summed E-state index contributed by atoms with van der Waals surface area (Å²) in [5.74, 6) is -0.192. The quantitative estimate of drug-likeness (QED) is 0.758. The molecule has 0 fully saturated rings. The second-order valence-corrected chi connectivity index (χ2v) is 6.45. The average molecular weight is 353 g/mol. The van der Waals surface area contributed by atoms with Crippen LogP contribution < -0.4 is 15.5 Å². The standard InChI is InChI=1S/C21H27N3O2/c1-4-5-11-20(25)23-17-12-13-19(24(2)3)18(14-17)21(26)22-15-16-9-7-6-8-10-16/h6-10,12-14H,4-5,11,15H2,1-3H3,(H,22,26)(H,23,25). The predicted octanol–water partition coefficient (Wildman–Crippen LogP) is 3.81. The zero-order valence-electron chi connectivity index (χ0n) is 15.7. The normalized spacial score (nSPS) is 10.3. The molecule has 0 heterocycles. The minimum absolute atomic E-state index is 0.0277. The largest absolute Gasteiger partial charge is 0.377 e. The van der Waals surface area contributed by atoms with Gasteiger partial charge in [-0.15, -0.1) is 0 Å². The van der Waals surface area contributed by atoms with Crippen molar-refractivity contribution in [3.05, 3.63) is 59.7 Å². The lowest BCUT2D eigenvalue weighted by Gasteiger charge is -2.18. The van der Waals surface area contributed by atoms with Gasteiger partial charge in [0.15, 0.2) is 0 Å². The lowest BCUT2D eigenvalue weighted by molar-refractivity contribution is -0.116. The van der Waals surface area contributed by atoms with Crippen LogP contribution in [0.2, 0.25) is 0 Å². The third kappa shape index (κ3) is 5.62. The Morgan fingerprint density at radius 2 is 1.77 bits per heavy atom. The summed E-state index contributed by atoms with van der Waals surface area (Å²) in [6.45, 7) is 2.51. The van der Waals surface area contributed by atoms with Crippen LogP contribution in [0.5, 0.6) is 0 Å². The molecule has 0 saturated heterocycles. The number of hydrogen-bond donors (Lipinski definition) is 2. The van der Waals surface area contributed by atoms with Gasteiger partial charge in [-0.2, -0.15) is 0 Å². The van der Waals surface area contributed by atoms with Crippen molar-refractivity contribution in [1.29, 1.82) is 0 Å². The summed E-state index contributed by atoms with van der Waals surface area (Å²) in [5, 5.41) is 5.82. The first-order valence-corrected chi connectivity index (χ1v) is 8.94. The zero-order valence-corrected chi connectivity index (χ0v) is 15.7. The molecule has 138 valence electrons. The third-order valence-corrected chi connectivity index (χ3v) is 4.06. The van der Waals surface area contributed by atoms with E-state index in [1.165, 1.54) is 0 Å². The summed E-state index contributed by atoms with van der Waals surface area (Å²) >= 11 is 0. The van der Waals surface area contributed by atoms with E-state index in [4.69, 9.17) is 0 Å². The van der Waals surface area contributed by atoms with E-state index in [2.05, 4.69) is 10.6 Å². The number of carbonyl (C=O) groups excluding carboxylic acids is 2. The molecule has 0 bridgehead atoms. The van der Waals surface area contributed by atoms with Gasteiger partial charge in [0.05, 0.1) is 5.56 Å². The van der Waals surface area contributed by atoms with Crippen LogP contribution in [0.1, 0.15) is 42.1 Å². The number of benzene rings is 2. The second-order valence-electron chi connectivity index (χ2n) is 6.45. The van der Waals surface area contributed by atoms with Crippen molar-refractivity contribution in [3.8, 4) is 0 Å². The van der Waals surface area contributed by atoms with Crippen molar-refractivity contribution in [3.63, 3.8) is 0 Å². The molecule has 0 unspecified atom stereocenters. The Balaban J connectivity index is 2.14. The summed E-state index contributed by atoms with van der Waals surface area (Å²) < 4.78 is 0. The van der Waals surface area contributed by atoms with Crippen LogP contribution in [0.15, 0.2) is 48.5 Å². The molecule has 5 nitrogen and oxygen atoms in total. The van der Waals surface area contributed by atoms with E-state index >= 15 is 0 Å². The zero-order chi connectivity index (χ0) is 18.9. The van der Waals surface area contributed by atoms with E-state index in [9.17, 15) is 9.59 Å². The maximum atomic E-state index is 12.7. The SMILES string of the molecule is CCCCC(=O)Nc1ccc(N(C)C)c(C(=O)NCc2ccccc2)c1. The highest BCUT2D eigenvalue weighted by Gasteiger charge is 2.14. The molecule has 2 N–H and O–H groups in total. The van der Waals surface area contributed by atoms with Crippen molar-refractivity contribution in [2.24, 2.45) is 0 Å². The van der Waals surface area contributed by atoms with Gasteiger partial charge in [0.25, 0.3) is 5.91 Å². The van der Waals surface area contributed by atoms with Gasteiger partial charge in [0, 0.05) is 38.4 Å². The lowest BCUT2D eigenvalue weighted by Crippen LogP contribution is -2.25. The molecule has 2 aromatic rings. The topological polar surface area (TPSA) is 61.4 Å². The minimum Gasteiger partial charge on any atom is -0.377 e. The fourth-order valence-corrected chi connectivity index (χ4v) is 2.62. The van der Waals surface area contributed by atoms with Crippen LogP contribution in [0.3, 0.4) is 0 Å². The molecule has 0 saturated carbocycles. The molecule has 0 spiro atoms. The molecule has 2 aromatic carbocycles. The van der Waals surface area contributed by atoms with E-state index in [1.807, 2.05) is 68.4 Å². The summed E-state index contributed by atoms with van der Waals surface area (Å²) in [7, 11) is 3.78. The average Bonchev–Trinajstić information content (AvgIpc) is 2.65. The summed E-state index contributed by atoms with van der Waals surface area (Å²) in [4.78, 5) is 26.6. The number of unbranched alkanes of at least 4 members (excludes halogenated alkanes) is 1. The maximum Gasteiger partial charge on any atom is 0.253 e. The van der Waals surface area contributed by atoms with Crippen LogP contribution in [0.4, 0.5) is 11.4 Å². The highest BCUT2D eigenvalue weighted by atomic mass is 16.2. The molecule has 2 amide bonds. The number of amides is 2. The van der Waals surface area contributed by atoms with Gasteiger partial charge in [-0.05, 0) is 30.2 Å². The first-order valence-electron chi connectivity index (χ1n) is 8.94. The molecule has 2 rings (SSSR count). The molecule has 0 aliphatic heterocycles. The first kappa shape index (κ1) is 19.5. The molecule has 5 heteroatoms. The molecule has 0 aliphatic rings. The fraction of sp³-hybridized carbons (Fsp3) is 0.333. The van der Waals surface area contributed by atoms with Gasteiger partial charge in [-0.1, -0.05) is 43.7 Å². The Morgan fingerprint density at radius 3 is 2.42 bits per heavy atom. The highest BCUT2D eigenvalue weighted by molar-refractivity contribution is 6.02. The number of carbonyl (C=O) groups is 2. The van der Waals surface area contributed by atoms with E-state index in [1.54, 1.807) is 6.07 Å². The van der Waals surface area contributed by atoms with Crippen molar-refractivity contribution in [1.82, 2.24) is 5.32 Å². The number of hydrogen-bond acceptors (Lipinski definition) is 3. The number of nitrogens with zero attached hydrogens (tertiary/aromatic N) is 1. The summed E-state index contributed by atoms with van der Waals surface area (Å²) in [5.41, 5.74) is 3.03. The highest BCUT2D eigenvalue weighted by Crippen LogP contribution is 2.23. The van der Waals surface area contributed by atoms with Crippen LogP contribution in [-0.4, -0.2) is 25.9 Å². The number of nitrogens with one attached hydrogen (secondary N) is 2. The van der Waals surface area contributed by atoms with E-state index in [0.717, 1.165) is 24.1 Å². The monoisotopic (exact) mass is 353 g/mol. The van der Waals surface area contributed by atoms with Gasteiger partial charge < -0.3 is 15.5 Å². The van der Waals surface area contributed by atoms with Gasteiger partial charge in [0.2, 0.25) is 5.91 Å². The lowest BCUT2D eigenvalue weighted by atomic mass is 10.1. The van der Waals surface area contributed by atoms with Crippen LogP contribution in [-0.2, 0) is 11.3 Å². The van der Waals surface area contributed by atoms with Crippen LogP contribution >= 0.6 is 0 Å². The van der Waals surface area contributed by atoms with Gasteiger partial charge in [-0.3, -0.25) is 9.59 Å². The second kappa shape index (κ2) is 9.61. The predicted molar refractivity (Wildman–Crippen MR) is 107 cm³/mol. The first-order chi connectivity index (χ1) is 12.5. The fourth-order valence-electron chi connectivity index (χ4n) is 2.62. The molecule has 26 heavy (non-hydrogen) atoms. The Morgan fingerprint density at radius 1 is 1.04 bits per heavy atom. The summed E-state index contributed by atoms with van der Waals surface area (Å²) in [6.07, 6.45) is 2.31. The van der Waals surface area contributed by atoms with Crippen molar-refractivity contribution < 1.29 is 9.59 Å². The Kier molecular flexibility index (Phi) is 7.21. The van der Waals surface area contributed by atoms with Crippen molar-refractivity contribution in [2.75, 3.05) is 24.3 Å². The molecular formula is C21H27N3O2. The van der Waals surface area contributed by atoms with Gasteiger partial charge in [-0.25, -0.2) is 0 Å². The van der Waals surface area contributed by atoms with Crippen LogP contribution in [0, 0.1) is 0 Å². The molecule has 0 radical (unpaired) electrons.